The highest BCUT2D eigenvalue weighted by atomic mass is 32.1. The number of aryl methyl sites for hydroxylation is 2. The van der Waals surface area contributed by atoms with E-state index in [9.17, 15) is 4.79 Å². The van der Waals surface area contributed by atoms with Crippen molar-refractivity contribution >= 4 is 17.2 Å². The summed E-state index contributed by atoms with van der Waals surface area (Å²) >= 11 is 1.62. The Bertz CT molecular complexity index is 845. The van der Waals surface area contributed by atoms with Gasteiger partial charge in [-0.25, -0.2) is 15.0 Å². The average Bonchev–Trinajstić information content (AvgIpc) is 3.04. The first-order valence-electron chi connectivity index (χ1n) is 7.72. The molecule has 3 aromatic rings. The molecule has 24 heavy (non-hydrogen) atoms. The van der Waals surface area contributed by atoms with E-state index in [1.165, 1.54) is 0 Å². The quantitative estimate of drug-likeness (QED) is 0.776. The first-order valence-corrected chi connectivity index (χ1v) is 8.59. The van der Waals surface area contributed by atoms with Crippen molar-refractivity contribution in [2.75, 3.05) is 6.54 Å². The molecular weight excluding hydrogens is 320 g/mol. The van der Waals surface area contributed by atoms with Crippen molar-refractivity contribution in [2.45, 2.75) is 20.3 Å². The van der Waals surface area contributed by atoms with Crippen LogP contribution in [0.4, 0.5) is 0 Å². The molecule has 1 N–H and O–H groups in total. The second-order valence-corrected chi connectivity index (χ2v) is 6.29. The molecule has 3 rings (SSSR count). The van der Waals surface area contributed by atoms with Crippen molar-refractivity contribution in [1.29, 1.82) is 0 Å². The summed E-state index contributed by atoms with van der Waals surface area (Å²) in [5, 5.41) is 5.94. The molecule has 1 amide bonds. The second-order valence-electron chi connectivity index (χ2n) is 5.43. The predicted octanol–water partition coefficient (Wildman–Crippen LogP) is 3.19. The molecule has 0 aliphatic rings. The first-order chi connectivity index (χ1) is 11.6. The van der Waals surface area contributed by atoms with E-state index >= 15 is 0 Å². The van der Waals surface area contributed by atoms with Gasteiger partial charge in [0.25, 0.3) is 5.91 Å². The molecular formula is C18H18N4OS. The molecule has 0 atom stereocenters. The third-order valence-electron chi connectivity index (χ3n) is 3.58. The minimum Gasteiger partial charge on any atom is -0.352 e. The summed E-state index contributed by atoms with van der Waals surface area (Å²) < 4.78 is 0. The summed E-state index contributed by atoms with van der Waals surface area (Å²) in [6.45, 7) is 4.15. The van der Waals surface area contributed by atoms with Crippen molar-refractivity contribution in [1.82, 2.24) is 20.3 Å². The molecule has 5 nitrogen and oxygen atoms in total. The Morgan fingerprint density at radius 2 is 1.96 bits per heavy atom. The highest BCUT2D eigenvalue weighted by Gasteiger charge is 2.11. The SMILES string of the molecule is Cc1ncc(C(=O)NCCc2csc(-c3ccccc3)n2)c(C)n1. The van der Waals surface area contributed by atoms with Gasteiger partial charge in [-0.05, 0) is 13.8 Å². The maximum atomic E-state index is 12.2. The average molecular weight is 338 g/mol. The number of nitrogens with zero attached hydrogens (tertiary/aromatic N) is 3. The number of amides is 1. The van der Waals surface area contributed by atoms with Crippen molar-refractivity contribution in [3.63, 3.8) is 0 Å². The molecule has 0 unspecified atom stereocenters. The third kappa shape index (κ3) is 3.83. The third-order valence-corrected chi connectivity index (χ3v) is 4.52. The topological polar surface area (TPSA) is 67.8 Å². The summed E-state index contributed by atoms with van der Waals surface area (Å²) in [6.07, 6.45) is 2.27. The summed E-state index contributed by atoms with van der Waals surface area (Å²) in [5.74, 6) is 0.519. The minimum absolute atomic E-state index is 0.147. The first kappa shape index (κ1) is 16.3. The van der Waals surface area contributed by atoms with Crippen molar-refractivity contribution in [3.8, 4) is 10.6 Å². The molecule has 0 radical (unpaired) electrons. The van der Waals surface area contributed by atoms with Crippen LogP contribution in [0, 0.1) is 13.8 Å². The van der Waals surface area contributed by atoms with Crippen LogP contribution in [0.25, 0.3) is 10.6 Å². The normalized spacial score (nSPS) is 10.6. The van der Waals surface area contributed by atoms with E-state index in [1.807, 2.05) is 42.6 Å². The lowest BCUT2D eigenvalue weighted by molar-refractivity contribution is 0.0952. The van der Waals surface area contributed by atoms with E-state index in [4.69, 9.17) is 0 Å². The van der Waals surface area contributed by atoms with Gasteiger partial charge in [0.15, 0.2) is 0 Å². The fraction of sp³-hybridized carbons (Fsp3) is 0.222. The van der Waals surface area contributed by atoms with E-state index in [0.717, 1.165) is 16.3 Å². The second kappa shape index (κ2) is 7.31. The van der Waals surface area contributed by atoms with Gasteiger partial charge >= 0.3 is 0 Å². The number of hydrogen-bond donors (Lipinski definition) is 1. The predicted molar refractivity (Wildman–Crippen MR) is 95.1 cm³/mol. The number of rotatable bonds is 5. The van der Waals surface area contributed by atoms with Crippen molar-refractivity contribution in [2.24, 2.45) is 0 Å². The fourth-order valence-corrected chi connectivity index (χ4v) is 3.20. The van der Waals surface area contributed by atoms with Crippen LogP contribution in [0.2, 0.25) is 0 Å². The standard InChI is InChI=1S/C18H18N4OS/c1-12-16(10-20-13(2)21-12)17(23)19-9-8-15-11-24-18(22-15)14-6-4-3-5-7-14/h3-7,10-11H,8-9H2,1-2H3,(H,19,23). The van der Waals surface area contributed by atoms with Crippen LogP contribution in [-0.2, 0) is 6.42 Å². The highest BCUT2D eigenvalue weighted by molar-refractivity contribution is 7.13. The summed E-state index contributed by atoms with van der Waals surface area (Å²) in [7, 11) is 0. The Labute approximate surface area is 144 Å². The van der Waals surface area contributed by atoms with Gasteiger partial charge in [-0.15, -0.1) is 11.3 Å². The Morgan fingerprint density at radius 1 is 1.17 bits per heavy atom. The number of hydrogen-bond acceptors (Lipinski definition) is 5. The van der Waals surface area contributed by atoms with Gasteiger partial charge in [-0.3, -0.25) is 4.79 Å². The number of carbonyl (C=O) groups excluding carboxylic acids is 1. The van der Waals surface area contributed by atoms with Crippen LogP contribution in [0.5, 0.6) is 0 Å². The number of nitrogens with one attached hydrogen (secondary N) is 1. The molecule has 122 valence electrons. The maximum absolute atomic E-state index is 12.2. The van der Waals surface area contributed by atoms with Gasteiger partial charge in [0.2, 0.25) is 0 Å². The molecule has 1 aromatic carbocycles. The molecule has 0 fully saturated rings. The number of benzene rings is 1. The van der Waals surface area contributed by atoms with Crippen LogP contribution in [0.1, 0.15) is 27.6 Å². The largest absolute Gasteiger partial charge is 0.352 e. The molecule has 0 saturated carbocycles. The van der Waals surface area contributed by atoms with Crippen LogP contribution in [-0.4, -0.2) is 27.4 Å². The van der Waals surface area contributed by atoms with Crippen molar-refractivity contribution < 1.29 is 4.79 Å². The zero-order valence-corrected chi connectivity index (χ0v) is 14.4. The van der Waals surface area contributed by atoms with E-state index < -0.39 is 0 Å². The Morgan fingerprint density at radius 3 is 2.71 bits per heavy atom. The molecule has 6 heteroatoms. The minimum atomic E-state index is -0.147. The van der Waals surface area contributed by atoms with Crippen LogP contribution in [0.15, 0.2) is 41.9 Å². The van der Waals surface area contributed by atoms with Gasteiger partial charge in [0, 0.05) is 30.1 Å². The van der Waals surface area contributed by atoms with Gasteiger partial charge < -0.3 is 5.32 Å². The zero-order chi connectivity index (χ0) is 16.9. The lowest BCUT2D eigenvalue weighted by Gasteiger charge is -2.06. The Hall–Kier alpha value is -2.60. The number of thiazole rings is 1. The van der Waals surface area contributed by atoms with E-state index in [2.05, 4.69) is 20.3 Å². The zero-order valence-electron chi connectivity index (χ0n) is 13.6. The Kier molecular flexibility index (Phi) is 4.96. The van der Waals surface area contributed by atoms with Crippen LogP contribution >= 0.6 is 11.3 Å². The Balaban J connectivity index is 1.57. The molecule has 2 heterocycles. The maximum Gasteiger partial charge on any atom is 0.254 e. The molecule has 0 aliphatic heterocycles. The van der Waals surface area contributed by atoms with Crippen LogP contribution in [0.3, 0.4) is 0 Å². The summed E-state index contributed by atoms with van der Waals surface area (Å²) in [4.78, 5) is 25.1. The van der Waals surface area contributed by atoms with E-state index in [1.54, 1.807) is 24.5 Å². The van der Waals surface area contributed by atoms with Crippen LogP contribution < -0.4 is 5.32 Å². The van der Waals surface area contributed by atoms with Gasteiger partial charge in [0.05, 0.1) is 17.0 Å². The molecule has 0 bridgehead atoms. The van der Waals surface area contributed by atoms with E-state index in [-0.39, 0.29) is 5.91 Å². The lowest BCUT2D eigenvalue weighted by Crippen LogP contribution is -2.27. The van der Waals surface area contributed by atoms with Crippen molar-refractivity contribution in [3.05, 3.63) is 64.7 Å². The molecule has 0 aliphatic carbocycles. The molecule has 2 aromatic heterocycles. The van der Waals surface area contributed by atoms with Gasteiger partial charge in [0.1, 0.15) is 10.8 Å². The summed E-state index contributed by atoms with van der Waals surface area (Å²) in [6, 6.07) is 10.1. The lowest BCUT2D eigenvalue weighted by atomic mass is 10.2. The molecule has 0 spiro atoms. The fourth-order valence-electron chi connectivity index (χ4n) is 2.34. The molecule has 0 saturated heterocycles. The smallest absolute Gasteiger partial charge is 0.254 e. The summed E-state index contributed by atoms with van der Waals surface area (Å²) in [5.41, 5.74) is 3.31. The van der Waals surface area contributed by atoms with E-state index in [0.29, 0.717) is 30.0 Å². The highest BCUT2D eigenvalue weighted by Crippen LogP contribution is 2.23. The monoisotopic (exact) mass is 338 g/mol. The number of aromatic nitrogens is 3. The van der Waals surface area contributed by atoms with Gasteiger partial charge in [-0.2, -0.15) is 0 Å². The number of carbonyl (C=O) groups is 1. The van der Waals surface area contributed by atoms with Gasteiger partial charge in [-0.1, -0.05) is 30.3 Å².